The van der Waals surface area contributed by atoms with Crippen LogP contribution < -0.4 is 14.8 Å². The molecule has 0 saturated heterocycles. The van der Waals surface area contributed by atoms with E-state index in [1.807, 2.05) is 12.1 Å². The summed E-state index contributed by atoms with van der Waals surface area (Å²) in [6.07, 6.45) is 1.10. The van der Waals surface area contributed by atoms with Crippen LogP contribution in [0.1, 0.15) is 42.1 Å². The normalized spacial score (nSPS) is 13.7. The number of rotatable bonds is 4. The lowest BCUT2D eigenvalue weighted by molar-refractivity contribution is 0.102. The van der Waals surface area contributed by atoms with Crippen molar-refractivity contribution in [2.24, 2.45) is 0 Å². The molecule has 0 unspecified atom stereocenters. The van der Waals surface area contributed by atoms with Crippen LogP contribution in [0, 0.1) is 0 Å². The zero-order chi connectivity index (χ0) is 15.5. The highest BCUT2D eigenvalue weighted by Crippen LogP contribution is 2.32. The number of hydrogen-bond acceptors (Lipinski definition) is 3. The molecular formula is C18H19NO3. The molecule has 2 aromatic carbocycles. The highest BCUT2D eigenvalue weighted by atomic mass is 16.7. The van der Waals surface area contributed by atoms with Gasteiger partial charge in [0.15, 0.2) is 11.5 Å². The zero-order valence-electron chi connectivity index (χ0n) is 12.8. The summed E-state index contributed by atoms with van der Waals surface area (Å²) in [5.41, 5.74) is 2.62. The van der Waals surface area contributed by atoms with Crippen molar-refractivity contribution >= 4 is 11.6 Å². The molecule has 0 aliphatic carbocycles. The van der Waals surface area contributed by atoms with E-state index >= 15 is 0 Å². The molecule has 1 amide bonds. The Morgan fingerprint density at radius 3 is 2.59 bits per heavy atom. The van der Waals surface area contributed by atoms with Crippen molar-refractivity contribution in [3.8, 4) is 11.5 Å². The Morgan fingerprint density at radius 1 is 1.14 bits per heavy atom. The van der Waals surface area contributed by atoms with Gasteiger partial charge in [0.25, 0.3) is 5.91 Å². The summed E-state index contributed by atoms with van der Waals surface area (Å²) in [7, 11) is 0. The molecule has 0 aromatic heterocycles. The number of fused-ring (bicyclic) bond motifs is 1. The van der Waals surface area contributed by atoms with E-state index in [4.69, 9.17) is 9.47 Å². The number of carbonyl (C=O) groups excluding carboxylic acids is 1. The highest BCUT2D eigenvalue weighted by Gasteiger charge is 2.16. The molecule has 114 valence electrons. The molecule has 1 atom stereocenters. The number of carbonyl (C=O) groups is 1. The van der Waals surface area contributed by atoms with Crippen molar-refractivity contribution in [1.82, 2.24) is 0 Å². The van der Waals surface area contributed by atoms with E-state index in [1.54, 1.807) is 18.2 Å². The molecule has 3 rings (SSSR count). The second-order valence-electron chi connectivity index (χ2n) is 5.45. The van der Waals surface area contributed by atoms with Crippen LogP contribution in [0.25, 0.3) is 0 Å². The monoisotopic (exact) mass is 297 g/mol. The van der Waals surface area contributed by atoms with E-state index in [0.29, 0.717) is 23.0 Å². The molecule has 2 aromatic rings. The van der Waals surface area contributed by atoms with Crippen molar-refractivity contribution in [2.75, 3.05) is 12.1 Å². The van der Waals surface area contributed by atoms with E-state index < -0.39 is 0 Å². The molecule has 0 bridgehead atoms. The van der Waals surface area contributed by atoms with Crippen LogP contribution >= 0.6 is 0 Å². The number of nitrogens with one attached hydrogen (secondary N) is 1. The van der Waals surface area contributed by atoms with Crippen molar-refractivity contribution in [2.45, 2.75) is 26.2 Å². The van der Waals surface area contributed by atoms with Crippen molar-refractivity contribution in [3.63, 3.8) is 0 Å². The van der Waals surface area contributed by atoms with E-state index in [9.17, 15) is 4.79 Å². The first-order chi connectivity index (χ1) is 10.7. The van der Waals surface area contributed by atoms with E-state index in [-0.39, 0.29) is 12.7 Å². The Morgan fingerprint density at radius 2 is 1.86 bits per heavy atom. The first-order valence-corrected chi connectivity index (χ1v) is 7.48. The minimum Gasteiger partial charge on any atom is -0.454 e. The number of ether oxygens (including phenoxy) is 2. The van der Waals surface area contributed by atoms with Gasteiger partial charge >= 0.3 is 0 Å². The first-order valence-electron chi connectivity index (χ1n) is 7.48. The van der Waals surface area contributed by atoms with Gasteiger partial charge < -0.3 is 14.8 Å². The average molecular weight is 297 g/mol. The lowest BCUT2D eigenvalue weighted by Gasteiger charge is -2.10. The molecule has 0 spiro atoms. The SMILES string of the molecule is CC[C@H](C)c1ccc(NC(=O)c2ccc3c(c2)OCO3)cc1. The fourth-order valence-electron chi connectivity index (χ4n) is 2.37. The van der Waals surface area contributed by atoms with E-state index in [0.717, 1.165) is 12.1 Å². The number of anilines is 1. The van der Waals surface area contributed by atoms with Gasteiger partial charge in [-0.05, 0) is 48.2 Å². The minimum absolute atomic E-state index is 0.158. The highest BCUT2D eigenvalue weighted by molar-refractivity contribution is 6.04. The number of amides is 1. The molecular weight excluding hydrogens is 278 g/mol. The van der Waals surface area contributed by atoms with Gasteiger partial charge in [-0.15, -0.1) is 0 Å². The van der Waals surface area contributed by atoms with E-state index in [1.165, 1.54) is 5.56 Å². The van der Waals surface area contributed by atoms with Crippen LogP contribution in [0.2, 0.25) is 0 Å². The fourth-order valence-corrected chi connectivity index (χ4v) is 2.37. The number of hydrogen-bond donors (Lipinski definition) is 1. The lowest BCUT2D eigenvalue weighted by Crippen LogP contribution is -2.11. The molecule has 0 saturated carbocycles. The maximum absolute atomic E-state index is 12.3. The Kier molecular flexibility index (Phi) is 4.00. The average Bonchev–Trinajstić information content (AvgIpc) is 3.02. The Bertz CT molecular complexity index is 679. The third-order valence-electron chi connectivity index (χ3n) is 3.98. The van der Waals surface area contributed by atoms with Gasteiger partial charge in [0.2, 0.25) is 6.79 Å². The van der Waals surface area contributed by atoms with Gasteiger partial charge in [-0.25, -0.2) is 0 Å². The topological polar surface area (TPSA) is 47.6 Å². The molecule has 0 fully saturated rings. The van der Waals surface area contributed by atoms with Crippen LogP contribution in [0.15, 0.2) is 42.5 Å². The Hall–Kier alpha value is -2.49. The number of benzene rings is 2. The molecule has 4 nitrogen and oxygen atoms in total. The minimum atomic E-state index is -0.158. The molecule has 0 radical (unpaired) electrons. The summed E-state index contributed by atoms with van der Waals surface area (Å²) in [5.74, 6) is 1.66. The Labute approximate surface area is 130 Å². The summed E-state index contributed by atoms with van der Waals surface area (Å²) in [6.45, 7) is 4.57. The molecule has 1 aliphatic heterocycles. The molecule has 1 aliphatic rings. The van der Waals surface area contributed by atoms with Crippen LogP contribution in [0.3, 0.4) is 0 Å². The molecule has 1 N–H and O–H groups in total. The van der Waals surface area contributed by atoms with E-state index in [2.05, 4.69) is 31.3 Å². The van der Waals surface area contributed by atoms with Crippen LogP contribution in [0.5, 0.6) is 11.5 Å². The van der Waals surface area contributed by atoms with Gasteiger partial charge in [0.05, 0.1) is 0 Å². The first kappa shape index (κ1) is 14.4. The van der Waals surface area contributed by atoms with Crippen molar-refractivity contribution in [1.29, 1.82) is 0 Å². The summed E-state index contributed by atoms with van der Waals surface area (Å²) in [5, 5.41) is 2.90. The predicted molar refractivity (Wildman–Crippen MR) is 85.7 cm³/mol. The molecule has 4 heteroatoms. The predicted octanol–water partition coefficient (Wildman–Crippen LogP) is 4.18. The van der Waals surface area contributed by atoms with Gasteiger partial charge in [-0.2, -0.15) is 0 Å². The van der Waals surface area contributed by atoms with Crippen molar-refractivity contribution in [3.05, 3.63) is 53.6 Å². The third-order valence-corrected chi connectivity index (χ3v) is 3.98. The van der Waals surface area contributed by atoms with Crippen molar-refractivity contribution < 1.29 is 14.3 Å². The summed E-state index contributed by atoms with van der Waals surface area (Å²) >= 11 is 0. The Balaban J connectivity index is 1.71. The maximum Gasteiger partial charge on any atom is 0.255 e. The van der Waals surface area contributed by atoms with Gasteiger partial charge in [0.1, 0.15) is 0 Å². The summed E-state index contributed by atoms with van der Waals surface area (Å²) < 4.78 is 10.5. The molecule has 1 heterocycles. The second-order valence-corrected chi connectivity index (χ2v) is 5.45. The maximum atomic E-state index is 12.3. The summed E-state index contributed by atoms with van der Waals surface area (Å²) in [4.78, 5) is 12.3. The van der Waals surface area contributed by atoms with Gasteiger partial charge in [-0.1, -0.05) is 26.0 Å². The van der Waals surface area contributed by atoms with Gasteiger partial charge in [0, 0.05) is 11.3 Å². The smallest absolute Gasteiger partial charge is 0.255 e. The van der Waals surface area contributed by atoms with Crippen LogP contribution in [-0.4, -0.2) is 12.7 Å². The fraction of sp³-hybridized carbons (Fsp3) is 0.278. The lowest BCUT2D eigenvalue weighted by atomic mass is 9.98. The third kappa shape index (κ3) is 2.91. The van der Waals surface area contributed by atoms with Crippen LogP contribution in [-0.2, 0) is 0 Å². The standard InChI is InChI=1S/C18H19NO3/c1-3-12(2)13-4-7-15(8-5-13)19-18(20)14-6-9-16-17(10-14)22-11-21-16/h4-10,12H,3,11H2,1-2H3,(H,19,20)/t12-/m0/s1. The zero-order valence-corrected chi connectivity index (χ0v) is 12.8. The molecule has 22 heavy (non-hydrogen) atoms. The quantitative estimate of drug-likeness (QED) is 0.921. The largest absolute Gasteiger partial charge is 0.454 e. The second kappa shape index (κ2) is 6.10. The van der Waals surface area contributed by atoms with Crippen LogP contribution in [0.4, 0.5) is 5.69 Å². The van der Waals surface area contributed by atoms with Gasteiger partial charge in [-0.3, -0.25) is 4.79 Å². The summed E-state index contributed by atoms with van der Waals surface area (Å²) in [6, 6.07) is 13.2.